The Balaban J connectivity index is 2.70. The summed E-state index contributed by atoms with van der Waals surface area (Å²) in [6.45, 7) is 6.42. The van der Waals surface area contributed by atoms with Gasteiger partial charge < -0.3 is 5.32 Å². The number of anilines is 1. The number of fused-ring (bicyclic) bond motifs is 1. The molecule has 1 aliphatic carbocycles. The van der Waals surface area contributed by atoms with Crippen molar-refractivity contribution in [3.8, 4) is 0 Å². The Morgan fingerprint density at radius 3 is 2.67 bits per heavy atom. The minimum Gasteiger partial charge on any atom is -0.388 e. The molecule has 0 amide bonds. The van der Waals surface area contributed by atoms with Gasteiger partial charge in [0.15, 0.2) is 0 Å². The van der Waals surface area contributed by atoms with E-state index in [1.807, 2.05) is 13.1 Å². The molecule has 1 atom stereocenters. The molecule has 0 fully saturated rings. The maximum Gasteiger partial charge on any atom is 0.127 e. The van der Waals surface area contributed by atoms with E-state index in [1.165, 1.54) is 5.56 Å². The Morgan fingerprint density at radius 1 is 1.40 bits per heavy atom. The van der Waals surface area contributed by atoms with Gasteiger partial charge in [-0.05, 0) is 41.0 Å². The fourth-order valence-electron chi connectivity index (χ4n) is 2.98. The van der Waals surface area contributed by atoms with Crippen LogP contribution in [0, 0.1) is 5.82 Å². The molecule has 15 heavy (non-hydrogen) atoms. The van der Waals surface area contributed by atoms with Crippen LogP contribution >= 0.6 is 0 Å². The second-order valence-electron chi connectivity index (χ2n) is 5.12. The van der Waals surface area contributed by atoms with E-state index in [0.717, 1.165) is 17.7 Å². The normalized spacial score (nSPS) is 22.6. The van der Waals surface area contributed by atoms with Gasteiger partial charge in [0.2, 0.25) is 0 Å². The lowest BCUT2D eigenvalue weighted by atomic mass is 9.86. The van der Waals surface area contributed by atoms with E-state index in [0.29, 0.717) is 5.92 Å². The van der Waals surface area contributed by atoms with Gasteiger partial charge in [-0.15, -0.1) is 0 Å². The molecule has 82 valence electrons. The molecule has 1 aliphatic rings. The van der Waals surface area contributed by atoms with Crippen LogP contribution in [0.3, 0.4) is 0 Å². The molecule has 2 heteroatoms. The van der Waals surface area contributed by atoms with Gasteiger partial charge in [-0.3, -0.25) is 0 Å². The lowest BCUT2D eigenvalue weighted by molar-refractivity contribution is 0.467. The maximum atomic E-state index is 13.8. The van der Waals surface area contributed by atoms with Crippen LogP contribution in [0.15, 0.2) is 12.1 Å². The van der Waals surface area contributed by atoms with Crippen LogP contribution < -0.4 is 5.32 Å². The van der Waals surface area contributed by atoms with E-state index in [1.54, 1.807) is 6.07 Å². The molecule has 0 bridgehead atoms. The van der Waals surface area contributed by atoms with Crippen LogP contribution in [-0.4, -0.2) is 7.05 Å². The number of rotatable bonds is 1. The highest BCUT2D eigenvalue weighted by Gasteiger charge is 2.38. The molecule has 0 unspecified atom stereocenters. The summed E-state index contributed by atoms with van der Waals surface area (Å²) in [6.07, 6.45) is 1.03. The zero-order valence-electron chi connectivity index (χ0n) is 9.82. The molecule has 0 aliphatic heterocycles. The molecule has 1 N–H and O–H groups in total. The smallest absolute Gasteiger partial charge is 0.127 e. The monoisotopic (exact) mass is 207 g/mol. The summed E-state index contributed by atoms with van der Waals surface area (Å²) < 4.78 is 13.8. The highest BCUT2D eigenvalue weighted by molar-refractivity contribution is 5.60. The third kappa shape index (κ3) is 1.43. The SMILES string of the molecule is CNc1ccc(F)c2c1[C@@H](C)CC2(C)C. The first-order chi connectivity index (χ1) is 6.97. The molecule has 1 aromatic carbocycles. The fourth-order valence-corrected chi connectivity index (χ4v) is 2.98. The third-order valence-electron chi connectivity index (χ3n) is 3.45. The van der Waals surface area contributed by atoms with Gasteiger partial charge in [0.25, 0.3) is 0 Å². The molecule has 0 saturated heterocycles. The molecule has 0 aromatic heterocycles. The maximum absolute atomic E-state index is 13.8. The molecule has 2 rings (SSSR count). The standard InChI is InChI=1S/C13H18FN/c1-8-7-13(2,3)12-9(14)5-6-10(15-4)11(8)12/h5-6,8,15H,7H2,1-4H3/t8-/m0/s1. The summed E-state index contributed by atoms with van der Waals surface area (Å²) in [5, 5.41) is 3.16. The second kappa shape index (κ2) is 3.22. The highest BCUT2D eigenvalue weighted by Crippen LogP contribution is 2.49. The van der Waals surface area contributed by atoms with E-state index in [9.17, 15) is 4.39 Å². The van der Waals surface area contributed by atoms with Crippen LogP contribution in [0.2, 0.25) is 0 Å². The Bertz CT molecular complexity index is 396. The summed E-state index contributed by atoms with van der Waals surface area (Å²) in [5.74, 6) is 0.381. The van der Waals surface area contributed by atoms with Gasteiger partial charge in [-0.25, -0.2) is 4.39 Å². The van der Waals surface area contributed by atoms with E-state index in [2.05, 4.69) is 26.1 Å². The lowest BCUT2D eigenvalue weighted by Gasteiger charge is -2.20. The summed E-state index contributed by atoms with van der Waals surface area (Å²) in [6, 6.07) is 3.41. The Labute approximate surface area is 90.7 Å². The predicted octanol–water partition coefficient (Wildman–Crippen LogP) is 3.65. The van der Waals surface area contributed by atoms with Crippen molar-refractivity contribution in [1.82, 2.24) is 0 Å². The van der Waals surface area contributed by atoms with Crippen molar-refractivity contribution in [3.63, 3.8) is 0 Å². The van der Waals surface area contributed by atoms with E-state index in [-0.39, 0.29) is 11.2 Å². The summed E-state index contributed by atoms with van der Waals surface area (Å²) in [7, 11) is 1.89. The molecular weight excluding hydrogens is 189 g/mol. The zero-order valence-corrected chi connectivity index (χ0v) is 9.82. The average molecular weight is 207 g/mol. The molecule has 0 spiro atoms. The van der Waals surface area contributed by atoms with Gasteiger partial charge >= 0.3 is 0 Å². The van der Waals surface area contributed by atoms with E-state index in [4.69, 9.17) is 0 Å². The number of halogens is 1. The Morgan fingerprint density at radius 2 is 2.07 bits per heavy atom. The number of nitrogens with one attached hydrogen (secondary N) is 1. The summed E-state index contributed by atoms with van der Waals surface area (Å²) in [4.78, 5) is 0. The van der Waals surface area contributed by atoms with Gasteiger partial charge in [-0.1, -0.05) is 20.8 Å². The van der Waals surface area contributed by atoms with Crippen LogP contribution in [-0.2, 0) is 5.41 Å². The molecule has 0 heterocycles. The van der Waals surface area contributed by atoms with Crippen LogP contribution in [0.25, 0.3) is 0 Å². The Kier molecular flexibility index (Phi) is 2.25. The van der Waals surface area contributed by atoms with Gasteiger partial charge in [0.05, 0.1) is 0 Å². The van der Waals surface area contributed by atoms with Gasteiger partial charge in [-0.2, -0.15) is 0 Å². The quantitative estimate of drug-likeness (QED) is 0.741. The first-order valence-corrected chi connectivity index (χ1v) is 5.48. The van der Waals surface area contributed by atoms with Crippen molar-refractivity contribution in [3.05, 3.63) is 29.1 Å². The summed E-state index contributed by atoms with van der Waals surface area (Å²) in [5.41, 5.74) is 3.11. The van der Waals surface area contributed by atoms with E-state index < -0.39 is 0 Å². The highest BCUT2D eigenvalue weighted by atomic mass is 19.1. The van der Waals surface area contributed by atoms with Crippen molar-refractivity contribution in [2.24, 2.45) is 0 Å². The summed E-state index contributed by atoms with van der Waals surface area (Å²) >= 11 is 0. The number of hydrogen-bond acceptors (Lipinski definition) is 1. The van der Waals surface area contributed by atoms with Crippen molar-refractivity contribution in [2.75, 3.05) is 12.4 Å². The average Bonchev–Trinajstić information content (AvgIpc) is 2.39. The van der Waals surface area contributed by atoms with Gasteiger partial charge in [0, 0.05) is 12.7 Å². The zero-order chi connectivity index (χ0) is 11.2. The van der Waals surface area contributed by atoms with Crippen molar-refractivity contribution in [1.29, 1.82) is 0 Å². The van der Waals surface area contributed by atoms with E-state index >= 15 is 0 Å². The molecular formula is C13H18FN. The molecule has 0 radical (unpaired) electrons. The van der Waals surface area contributed by atoms with Crippen LogP contribution in [0.1, 0.15) is 44.2 Å². The lowest BCUT2D eigenvalue weighted by Crippen LogP contribution is -2.14. The van der Waals surface area contributed by atoms with Crippen LogP contribution in [0.5, 0.6) is 0 Å². The predicted molar refractivity (Wildman–Crippen MR) is 62.0 cm³/mol. The fraction of sp³-hybridized carbons (Fsp3) is 0.538. The third-order valence-corrected chi connectivity index (χ3v) is 3.45. The van der Waals surface area contributed by atoms with Crippen LogP contribution in [0.4, 0.5) is 10.1 Å². The first kappa shape index (κ1) is 10.5. The first-order valence-electron chi connectivity index (χ1n) is 5.48. The van der Waals surface area contributed by atoms with Crippen molar-refractivity contribution < 1.29 is 4.39 Å². The largest absolute Gasteiger partial charge is 0.388 e. The minimum absolute atomic E-state index is 0.0360. The Hall–Kier alpha value is -1.05. The second-order valence-corrected chi connectivity index (χ2v) is 5.12. The van der Waals surface area contributed by atoms with Crippen molar-refractivity contribution >= 4 is 5.69 Å². The molecule has 0 saturated carbocycles. The number of hydrogen-bond donors (Lipinski definition) is 1. The van der Waals surface area contributed by atoms with Gasteiger partial charge in [0.1, 0.15) is 5.82 Å². The topological polar surface area (TPSA) is 12.0 Å². The minimum atomic E-state index is -0.0571. The van der Waals surface area contributed by atoms with Crippen molar-refractivity contribution in [2.45, 2.75) is 38.5 Å². The molecule has 1 aromatic rings. The number of benzene rings is 1. The molecule has 1 nitrogen and oxygen atoms in total.